The number of carbonyl (C=O) groups is 2. The van der Waals surface area contributed by atoms with Crippen LogP contribution in [0.1, 0.15) is 54.4 Å². The maximum absolute atomic E-state index is 12.2. The van der Waals surface area contributed by atoms with Gasteiger partial charge in [0, 0.05) is 25.9 Å². The maximum Gasteiger partial charge on any atom is 0.310 e. The van der Waals surface area contributed by atoms with Gasteiger partial charge in [-0.1, -0.05) is 33.8 Å². The molecule has 1 rings (SSSR count). The van der Waals surface area contributed by atoms with Gasteiger partial charge in [-0.3, -0.25) is 9.59 Å². The third-order valence-corrected chi connectivity index (χ3v) is 9.77. The molecular formula is C19H34O5Si. The summed E-state index contributed by atoms with van der Waals surface area (Å²) in [6.45, 7) is 16.9. The predicted octanol–water partition coefficient (Wildman–Crippen LogP) is 4.23. The first-order valence-corrected chi connectivity index (χ1v) is 11.9. The molecule has 0 saturated heterocycles. The topological polar surface area (TPSA) is 61.8 Å². The zero-order valence-electron chi connectivity index (χ0n) is 17.0. The highest BCUT2D eigenvalue weighted by molar-refractivity contribution is 6.74. The highest BCUT2D eigenvalue weighted by atomic mass is 28.4. The molecule has 1 aliphatic heterocycles. The highest BCUT2D eigenvalue weighted by Crippen LogP contribution is 2.37. The molecule has 0 amide bonds. The summed E-state index contributed by atoms with van der Waals surface area (Å²) in [5, 5.41) is 0.151. The van der Waals surface area contributed by atoms with Crippen molar-refractivity contribution >= 4 is 20.3 Å². The van der Waals surface area contributed by atoms with Crippen LogP contribution in [0.25, 0.3) is 0 Å². The van der Waals surface area contributed by atoms with Gasteiger partial charge in [0.05, 0.1) is 6.42 Å². The maximum atomic E-state index is 12.2. The van der Waals surface area contributed by atoms with Gasteiger partial charge < -0.3 is 13.9 Å². The van der Waals surface area contributed by atoms with Crippen LogP contribution in [-0.2, 0) is 23.5 Å². The minimum absolute atomic E-state index is 0.0637. The molecule has 0 aromatic heterocycles. The van der Waals surface area contributed by atoms with Gasteiger partial charge in [-0.05, 0) is 30.6 Å². The molecule has 0 bridgehead atoms. The van der Waals surface area contributed by atoms with Crippen LogP contribution in [0.15, 0.2) is 11.6 Å². The monoisotopic (exact) mass is 370 g/mol. The molecule has 0 spiro atoms. The summed E-state index contributed by atoms with van der Waals surface area (Å²) in [6, 6.07) is 0. The first kappa shape index (κ1) is 21.9. The van der Waals surface area contributed by atoms with E-state index in [-0.39, 0.29) is 35.4 Å². The van der Waals surface area contributed by atoms with Gasteiger partial charge >= 0.3 is 11.9 Å². The van der Waals surface area contributed by atoms with Crippen molar-refractivity contribution in [3.05, 3.63) is 11.6 Å². The average Bonchev–Trinajstić information content (AvgIpc) is 2.45. The molecule has 0 saturated carbocycles. The summed E-state index contributed by atoms with van der Waals surface area (Å²) >= 11 is 0. The summed E-state index contributed by atoms with van der Waals surface area (Å²) in [6.07, 6.45) is 1.94. The lowest BCUT2D eigenvalue weighted by atomic mass is 9.98. The number of hydrogen-bond acceptors (Lipinski definition) is 5. The molecule has 0 aromatic carbocycles. The van der Waals surface area contributed by atoms with Gasteiger partial charge in [0.25, 0.3) is 0 Å². The lowest BCUT2D eigenvalue weighted by Crippen LogP contribution is -2.43. The van der Waals surface area contributed by atoms with Gasteiger partial charge in [-0.15, -0.1) is 0 Å². The zero-order valence-corrected chi connectivity index (χ0v) is 18.0. The Labute approximate surface area is 153 Å². The van der Waals surface area contributed by atoms with Crippen LogP contribution in [0.5, 0.6) is 0 Å². The van der Waals surface area contributed by atoms with Crippen molar-refractivity contribution in [2.24, 2.45) is 5.92 Å². The molecule has 3 atom stereocenters. The third-order valence-electron chi connectivity index (χ3n) is 5.27. The Hall–Kier alpha value is -1.14. The Balaban J connectivity index is 2.74. The summed E-state index contributed by atoms with van der Waals surface area (Å²) in [7, 11) is -1.83. The van der Waals surface area contributed by atoms with Gasteiger partial charge in [0.2, 0.25) is 0 Å². The lowest BCUT2D eigenvalue weighted by Gasteiger charge is -2.38. The Morgan fingerprint density at radius 3 is 2.52 bits per heavy atom. The molecule has 6 heteroatoms. The molecule has 25 heavy (non-hydrogen) atoms. The van der Waals surface area contributed by atoms with E-state index in [0.29, 0.717) is 13.0 Å². The molecule has 0 aliphatic carbocycles. The smallest absolute Gasteiger partial charge is 0.310 e. The van der Waals surface area contributed by atoms with Crippen LogP contribution in [-0.4, -0.2) is 39.1 Å². The van der Waals surface area contributed by atoms with Crippen molar-refractivity contribution in [3.8, 4) is 0 Å². The van der Waals surface area contributed by atoms with E-state index in [9.17, 15) is 9.59 Å². The largest absolute Gasteiger partial charge is 0.462 e. The van der Waals surface area contributed by atoms with Crippen molar-refractivity contribution in [2.45, 2.75) is 84.7 Å². The number of rotatable bonds is 5. The van der Waals surface area contributed by atoms with Crippen LogP contribution in [0, 0.1) is 5.92 Å². The van der Waals surface area contributed by atoms with Gasteiger partial charge in [-0.25, -0.2) is 0 Å². The van der Waals surface area contributed by atoms with Crippen molar-refractivity contribution in [3.63, 3.8) is 0 Å². The van der Waals surface area contributed by atoms with E-state index in [0.717, 1.165) is 5.57 Å². The second kappa shape index (κ2) is 8.49. The fraction of sp³-hybridized carbons (Fsp3) is 0.789. The van der Waals surface area contributed by atoms with E-state index < -0.39 is 14.4 Å². The second-order valence-corrected chi connectivity index (χ2v) is 13.4. The fourth-order valence-electron chi connectivity index (χ4n) is 2.36. The number of ether oxygens (including phenoxy) is 2. The molecule has 0 N–H and O–H groups in total. The van der Waals surface area contributed by atoms with Gasteiger partial charge in [0.15, 0.2) is 8.32 Å². The van der Waals surface area contributed by atoms with E-state index >= 15 is 0 Å². The molecule has 1 aliphatic rings. The van der Waals surface area contributed by atoms with E-state index in [1.54, 1.807) is 0 Å². The van der Waals surface area contributed by atoms with Gasteiger partial charge in [-0.2, -0.15) is 0 Å². The standard InChI is InChI=1S/C19H34O5Si/c1-13-9-10-16(24-18(21)11-17(13)23-15(3)20)14(2)12-22-25(7,8)19(4,5)6/h9,14,16-17H,10-12H2,1-8H3/b13-9-/t14-,16+,17-/m1/s1. The number of cyclic esters (lactones) is 1. The SMILES string of the molecule is CC(=O)O[C@@H]1CC(=O)O[C@H]([C@H](C)CO[Si](C)(C)C(C)(C)C)C/C=C\1C. The molecule has 0 radical (unpaired) electrons. The molecule has 0 unspecified atom stereocenters. The van der Waals surface area contributed by atoms with Crippen molar-refractivity contribution in [2.75, 3.05) is 6.61 Å². The van der Waals surface area contributed by atoms with E-state index in [1.165, 1.54) is 6.92 Å². The van der Waals surface area contributed by atoms with E-state index in [1.807, 2.05) is 13.0 Å². The molecule has 0 aromatic rings. The molecule has 0 fully saturated rings. The molecule has 1 heterocycles. The average molecular weight is 371 g/mol. The zero-order chi connectivity index (χ0) is 19.4. The minimum Gasteiger partial charge on any atom is -0.462 e. The molecule has 5 nitrogen and oxygen atoms in total. The predicted molar refractivity (Wildman–Crippen MR) is 101 cm³/mol. The summed E-state index contributed by atoms with van der Waals surface area (Å²) in [4.78, 5) is 23.4. The van der Waals surface area contributed by atoms with Crippen LogP contribution >= 0.6 is 0 Å². The normalized spacial score (nSPS) is 25.9. The first-order chi connectivity index (χ1) is 11.3. The Morgan fingerprint density at radius 1 is 1.40 bits per heavy atom. The Morgan fingerprint density at radius 2 is 2.00 bits per heavy atom. The molecule has 144 valence electrons. The summed E-state index contributed by atoms with van der Waals surface area (Å²) < 4.78 is 17.1. The van der Waals surface area contributed by atoms with Crippen molar-refractivity contribution in [1.82, 2.24) is 0 Å². The van der Waals surface area contributed by atoms with Crippen molar-refractivity contribution in [1.29, 1.82) is 0 Å². The Bertz CT molecular complexity index is 518. The highest BCUT2D eigenvalue weighted by Gasteiger charge is 2.38. The van der Waals surface area contributed by atoms with Gasteiger partial charge in [0.1, 0.15) is 12.2 Å². The van der Waals surface area contributed by atoms with E-state index in [4.69, 9.17) is 13.9 Å². The van der Waals surface area contributed by atoms with Crippen LogP contribution in [0.2, 0.25) is 18.1 Å². The molecular weight excluding hydrogens is 336 g/mol. The second-order valence-electron chi connectivity index (χ2n) is 8.56. The first-order valence-electron chi connectivity index (χ1n) is 9.01. The number of hydrogen-bond donors (Lipinski definition) is 0. The van der Waals surface area contributed by atoms with Crippen LogP contribution < -0.4 is 0 Å². The quantitative estimate of drug-likeness (QED) is 0.412. The van der Waals surface area contributed by atoms with Crippen LogP contribution in [0.4, 0.5) is 0 Å². The summed E-state index contributed by atoms with van der Waals surface area (Å²) in [5.41, 5.74) is 0.898. The van der Waals surface area contributed by atoms with Crippen LogP contribution in [0.3, 0.4) is 0 Å². The number of esters is 2. The van der Waals surface area contributed by atoms with Crippen molar-refractivity contribution < 1.29 is 23.5 Å². The van der Waals surface area contributed by atoms with E-state index in [2.05, 4.69) is 40.8 Å². The number of carbonyl (C=O) groups excluding carboxylic acids is 2. The fourth-order valence-corrected chi connectivity index (χ4v) is 3.47. The summed E-state index contributed by atoms with van der Waals surface area (Å²) in [5.74, 6) is -0.617. The lowest BCUT2D eigenvalue weighted by molar-refractivity contribution is -0.158. The Kier molecular flexibility index (Phi) is 7.44. The minimum atomic E-state index is -1.83. The third kappa shape index (κ3) is 6.59.